The van der Waals surface area contributed by atoms with Crippen molar-refractivity contribution in [3.8, 4) is 0 Å². The van der Waals surface area contributed by atoms with Gasteiger partial charge in [-0.25, -0.2) is 0 Å². The van der Waals surface area contributed by atoms with Gasteiger partial charge in [0.2, 0.25) is 0 Å². The summed E-state index contributed by atoms with van der Waals surface area (Å²) in [4.78, 5) is 15.3. The van der Waals surface area contributed by atoms with Crippen LogP contribution >= 0.6 is 11.6 Å². The van der Waals surface area contributed by atoms with E-state index >= 15 is 0 Å². The first-order valence-electron chi connectivity index (χ1n) is 5.48. The topological polar surface area (TPSA) is 32.9 Å². The summed E-state index contributed by atoms with van der Waals surface area (Å²) in [5.41, 5.74) is 2.90. The van der Waals surface area contributed by atoms with Crippen LogP contribution in [0.1, 0.15) is 30.0 Å². The quantitative estimate of drug-likeness (QED) is 0.805. The van der Waals surface area contributed by atoms with Crippen LogP contribution in [0.2, 0.25) is 5.02 Å². The molecular formula is C13H12ClNO. The van der Waals surface area contributed by atoms with Gasteiger partial charge in [-0.15, -0.1) is 0 Å². The fourth-order valence-electron chi connectivity index (χ4n) is 2.08. The number of pyridine rings is 1. The van der Waals surface area contributed by atoms with Gasteiger partial charge in [-0.2, -0.15) is 0 Å². The highest BCUT2D eigenvalue weighted by Gasteiger charge is 2.25. The zero-order chi connectivity index (χ0) is 11.3. The summed E-state index contributed by atoms with van der Waals surface area (Å²) < 4.78 is 0. The normalized spacial score (nSPS) is 15.6. The smallest absolute Gasteiger partial charge is 0.189 e. The second kappa shape index (κ2) is 3.36. The average Bonchev–Trinajstić information content (AvgIpc) is 3.02. The summed E-state index contributed by atoms with van der Waals surface area (Å²) >= 11 is 6.16. The van der Waals surface area contributed by atoms with E-state index in [9.17, 15) is 4.79 Å². The van der Waals surface area contributed by atoms with Gasteiger partial charge >= 0.3 is 0 Å². The van der Waals surface area contributed by atoms with E-state index in [2.05, 4.69) is 4.98 Å². The third-order valence-electron chi connectivity index (χ3n) is 3.07. The first-order chi connectivity index (χ1) is 7.65. The summed E-state index contributed by atoms with van der Waals surface area (Å²) in [5, 5.41) is 1.32. The Labute approximate surface area is 98.3 Å². The largest absolute Gasteiger partial charge is 0.357 e. The van der Waals surface area contributed by atoms with E-state index in [0.717, 1.165) is 16.8 Å². The Bertz CT molecular complexity index is 626. The lowest BCUT2D eigenvalue weighted by atomic mass is 10.1. The molecule has 1 fully saturated rings. The van der Waals surface area contributed by atoms with Crippen LogP contribution in [-0.2, 0) is 0 Å². The number of aromatic nitrogens is 1. The number of benzene rings is 1. The second-order valence-corrected chi connectivity index (χ2v) is 4.94. The van der Waals surface area contributed by atoms with Gasteiger partial charge in [0, 0.05) is 17.1 Å². The molecule has 16 heavy (non-hydrogen) atoms. The zero-order valence-electron chi connectivity index (χ0n) is 9.01. The molecule has 0 bridgehead atoms. The Hall–Kier alpha value is -1.28. The Kier molecular flexibility index (Phi) is 2.08. The number of rotatable bonds is 1. The molecule has 3 heteroatoms. The van der Waals surface area contributed by atoms with Crippen molar-refractivity contribution >= 4 is 22.5 Å². The number of H-pyrrole nitrogens is 1. The number of fused-ring (bicyclic) bond motifs is 1. The Morgan fingerprint density at radius 2 is 2.06 bits per heavy atom. The SMILES string of the molecule is Cc1cc(Cl)c2[nH]c(C3CC3)cc(=O)c2c1. The summed E-state index contributed by atoms with van der Waals surface area (Å²) in [6.45, 7) is 1.94. The highest BCUT2D eigenvalue weighted by molar-refractivity contribution is 6.35. The number of aryl methyl sites for hydroxylation is 1. The van der Waals surface area contributed by atoms with Crippen LogP contribution < -0.4 is 5.43 Å². The van der Waals surface area contributed by atoms with Crippen molar-refractivity contribution in [2.24, 2.45) is 0 Å². The standard InChI is InChI=1S/C13H12ClNO/c1-7-4-9-12(16)6-11(8-2-3-8)15-13(9)10(14)5-7/h4-6,8H,2-3H2,1H3,(H,15,16). The highest BCUT2D eigenvalue weighted by atomic mass is 35.5. The molecule has 1 saturated carbocycles. The molecule has 3 rings (SSSR count). The summed E-state index contributed by atoms with van der Waals surface area (Å²) in [5.74, 6) is 0.537. The van der Waals surface area contributed by atoms with E-state index in [1.807, 2.05) is 19.1 Å². The van der Waals surface area contributed by atoms with Crippen LogP contribution in [0.5, 0.6) is 0 Å². The zero-order valence-corrected chi connectivity index (χ0v) is 9.77. The molecule has 1 aliphatic carbocycles. The molecule has 2 aromatic rings. The molecule has 0 spiro atoms. The molecule has 82 valence electrons. The van der Waals surface area contributed by atoms with Crippen molar-refractivity contribution in [2.45, 2.75) is 25.7 Å². The third-order valence-corrected chi connectivity index (χ3v) is 3.37. The van der Waals surface area contributed by atoms with Gasteiger partial charge in [0.1, 0.15) is 0 Å². The van der Waals surface area contributed by atoms with Crippen LogP contribution in [0.15, 0.2) is 23.0 Å². The molecule has 1 aromatic heterocycles. The molecule has 1 heterocycles. The number of aromatic amines is 1. The minimum atomic E-state index is 0.0706. The number of nitrogens with one attached hydrogen (secondary N) is 1. The molecule has 1 aromatic carbocycles. The average molecular weight is 234 g/mol. The minimum absolute atomic E-state index is 0.0706. The van der Waals surface area contributed by atoms with Crippen LogP contribution in [0.3, 0.4) is 0 Å². The van der Waals surface area contributed by atoms with E-state index in [4.69, 9.17) is 11.6 Å². The lowest BCUT2D eigenvalue weighted by molar-refractivity contribution is 1.04. The predicted molar refractivity (Wildman–Crippen MR) is 66.3 cm³/mol. The first kappa shape index (κ1) is 9.91. The molecule has 1 N–H and O–H groups in total. The predicted octanol–water partition coefficient (Wildman–Crippen LogP) is 3.37. The first-order valence-corrected chi connectivity index (χ1v) is 5.86. The highest BCUT2D eigenvalue weighted by Crippen LogP contribution is 2.39. The molecule has 0 saturated heterocycles. The van der Waals surface area contributed by atoms with E-state index in [1.54, 1.807) is 6.07 Å². The van der Waals surface area contributed by atoms with Crippen molar-refractivity contribution in [3.05, 3.63) is 44.7 Å². The number of hydrogen-bond donors (Lipinski definition) is 1. The summed E-state index contributed by atoms with van der Waals surface area (Å²) in [6.07, 6.45) is 2.34. The number of hydrogen-bond acceptors (Lipinski definition) is 1. The molecule has 0 radical (unpaired) electrons. The molecule has 0 aliphatic heterocycles. The maximum absolute atomic E-state index is 12.0. The van der Waals surface area contributed by atoms with E-state index in [1.165, 1.54) is 12.8 Å². The van der Waals surface area contributed by atoms with Crippen LogP contribution in [0.4, 0.5) is 0 Å². The molecule has 0 unspecified atom stereocenters. The van der Waals surface area contributed by atoms with Gasteiger partial charge in [-0.05, 0) is 43.4 Å². The van der Waals surface area contributed by atoms with Gasteiger partial charge in [-0.1, -0.05) is 11.6 Å². The van der Waals surface area contributed by atoms with Crippen molar-refractivity contribution in [2.75, 3.05) is 0 Å². The van der Waals surface area contributed by atoms with Crippen LogP contribution in [0, 0.1) is 6.92 Å². The molecular weight excluding hydrogens is 222 g/mol. The Morgan fingerprint density at radius 3 is 2.75 bits per heavy atom. The van der Waals surface area contributed by atoms with Crippen LogP contribution in [-0.4, -0.2) is 4.98 Å². The lowest BCUT2D eigenvalue weighted by Gasteiger charge is -2.05. The summed E-state index contributed by atoms with van der Waals surface area (Å²) in [7, 11) is 0. The number of halogens is 1. The third kappa shape index (κ3) is 1.54. The van der Waals surface area contributed by atoms with Gasteiger partial charge in [0.05, 0.1) is 10.5 Å². The van der Waals surface area contributed by atoms with Crippen molar-refractivity contribution < 1.29 is 0 Å². The maximum atomic E-state index is 12.0. The second-order valence-electron chi connectivity index (χ2n) is 4.53. The van der Waals surface area contributed by atoms with Crippen LogP contribution in [0.25, 0.3) is 10.9 Å². The van der Waals surface area contributed by atoms with Crippen molar-refractivity contribution in [1.29, 1.82) is 0 Å². The van der Waals surface area contributed by atoms with Gasteiger partial charge in [0.15, 0.2) is 5.43 Å². The molecule has 2 nitrogen and oxygen atoms in total. The van der Waals surface area contributed by atoms with Crippen molar-refractivity contribution in [1.82, 2.24) is 4.98 Å². The maximum Gasteiger partial charge on any atom is 0.189 e. The molecule has 0 atom stereocenters. The lowest BCUT2D eigenvalue weighted by Crippen LogP contribution is -2.05. The van der Waals surface area contributed by atoms with Gasteiger partial charge in [0.25, 0.3) is 0 Å². The van der Waals surface area contributed by atoms with Gasteiger partial charge < -0.3 is 4.98 Å². The summed E-state index contributed by atoms with van der Waals surface area (Å²) in [6, 6.07) is 5.49. The van der Waals surface area contributed by atoms with E-state index < -0.39 is 0 Å². The fourth-order valence-corrected chi connectivity index (χ4v) is 2.40. The Balaban J connectivity index is 2.37. The van der Waals surface area contributed by atoms with E-state index in [0.29, 0.717) is 16.3 Å². The van der Waals surface area contributed by atoms with Gasteiger partial charge in [-0.3, -0.25) is 4.79 Å². The monoisotopic (exact) mass is 233 g/mol. The molecule has 0 amide bonds. The van der Waals surface area contributed by atoms with E-state index in [-0.39, 0.29) is 5.43 Å². The van der Waals surface area contributed by atoms with Crippen molar-refractivity contribution in [3.63, 3.8) is 0 Å². The minimum Gasteiger partial charge on any atom is -0.357 e. The molecule has 1 aliphatic rings. The fraction of sp³-hybridized carbons (Fsp3) is 0.308. The Morgan fingerprint density at radius 1 is 1.31 bits per heavy atom.